The first-order valence-corrected chi connectivity index (χ1v) is 6.71. The average Bonchev–Trinajstić information content (AvgIpc) is 2.70. The van der Waals surface area contributed by atoms with Crippen LogP contribution < -0.4 is 0 Å². The van der Waals surface area contributed by atoms with E-state index in [-0.39, 0.29) is 17.3 Å². The van der Waals surface area contributed by atoms with Gasteiger partial charge in [0.2, 0.25) is 11.6 Å². The van der Waals surface area contributed by atoms with Gasteiger partial charge in [0.25, 0.3) is 0 Å². The quantitative estimate of drug-likeness (QED) is 0.841. The molecule has 0 aromatic carbocycles. The van der Waals surface area contributed by atoms with E-state index in [0.717, 1.165) is 11.3 Å². The minimum atomic E-state index is -0.404. The predicted molar refractivity (Wildman–Crippen MR) is 71.9 cm³/mol. The number of rotatable bonds is 1. The number of allylic oxidation sites excluding steroid dienone is 2. The summed E-state index contributed by atoms with van der Waals surface area (Å²) in [5.41, 5.74) is 2.95. The summed E-state index contributed by atoms with van der Waals surface area (Å²) in [6, 6.07) is 0. The van der Waals surface area contributed by atoms with Gasteiger partial charge in [-0.2, -0.15) is 0 Å². The number of ether oxygens (including phenoxy) is 1. The minimum Gasteiger partial charge on any atom is -0.492 e. The zero-order valence-electron chi connectivity index (χ0n) is 11.8. The van der Waals surface area contributed by atoms with E-state index in [1.807, 2.05) is 11.5 Å². The Morgan fingerprint density at radius 3 is 2.60 bits per heavy atom. The highest BCUT2D eigenvalue weighted by Gasteiger charge is 2.38. The van der Waals surface area contributed by atoms with Gasteiger partial charge in [0, 0.05) is 24.2 Å². The summed E-state index contributed by atoms with van der Waals surface area (Å²) in [6.45, 7) is 4.03. The molecular formula is C15H17NO4. The number of hydrogen-bond acceptors (Lipinski definition) is 4. The van der Waals surface area contributed by atoms with E-state index in [0.29, 0.717) is 36.2 Å². The minimum absolute atomic E-state index is 0.133. The van der Waals surface area contributed by atoms with Crippen LogP contribution in [0.2, 0.25) is 0 Å². The molecule has 1 unspecified atom stereocenters. The van der Waals surface area contributed by atoms with Gasteiger partial charge in [-0.25, -0.2) is 0 Å². The standard InChI is InChI=1S/C15H17NO4/c1-7-10-6-9(17)4-5-16(10)12-11(7)14(19)15(20-3)8(2)13(12)18/h9,17H,4-6H2,1-3H3. The molecule has 1 aliphatic heterocycles. The van der Waals surface area contributed by atoms with Crippen LogP contribution in [0.15, 0.2) is 11.3 Å². The molecule has 3 rings (SSSR count). The summed E-state index contributed by atoms with van der Waals surface area (Å²) >= 11 is 0. The van der Waals surface area contributed by atoms with Gasteiger partial charge in [0.15, 0.2) is 5.76 Å². The Bertz CT molecular complexity index is 666. The highest BCUT2D eigenvalue weighted by atomic mass is 16.5. The molecule has 0 saturated heterocycles. The van der Waals surface area contributed by atoms with Crippen molar-refractivity contribution >= 4 is 11.6 Å². The van der Waals surface area contributed by atoms with Gasteiger partial charge in [-0.3, -0.25) is 9.59 Å². The Labute approximate surface area is 116 Å². The Morgan fingerprint density at radius 2 is 1.95 bits per heavy atom. The van der Waals surface area contributed by atoms with E-state index in [9.17, 15) is 14.7 Å². The maximum absolute atomic E-state index is 12.5. The lowest BCUT2D eigenvalue weighted by molar-refractivity contribution is 0.0900. The second kappa shape index (κ2) is 4.31. The van der Waals surface area contributed by atoms with Gasteiger partial charge in [0.1, 0.15) is 5.69 Å². The molecule has 0 amide bonds. The summed E-state index contributed by atoms with van der Waals surface area (Å²) < 4.78 is 7.00. The molecule has 0 saturated carbocycles. The first-order valence-electron chi connectivity index (χ1n) is 6.71. The van der Waals surface area contributed by atoms with Gasteiger partial charge < -0.3 is 14.4 Å². The Morgan fingerprint density at radius 1 is 1.25 bits per heavy atom. The largest absolute Gasteiger partial charge is 0.492 e. The average molecular weight is 275 g/mol. The summed E-state index contributed by atoms with van der Waals surface area (Å²) in [6.07, 6.45) is 0.689. The van der Waals surface area contributed by atoms with Gasteiger partial charge in [-0.15, -0.1) is 0 Å². The first-order chi connectivity index (χ1) is 9.47. The number of carbonyl (C=O) groups is 2. The molecule has 1 aromatic heterocycles. The molecule has 106 valence electrons. The smallest absolute Gasteiger partial charge is 0.230 e. The van der Waals surface area contributed by atoms with Crippen molar-refractivity contribution in [2.24, 2.45) is 0 Å². The maximum Gasteiger partial charge on any atom is 0.230 e. The highest BCUT2D eigenvalue weighted by molar-refractivity contribution is 6.26. The van der Waals surface area contributed by atoms with Crippen molar-refractivity contribution in [1.82, 2.24) is 4.57 Å². The molecule has 1 aromatic rings. The summed E-state index contributed by atoms with van der Waals surface area (Å²) in [4.78, 5) is 25.0. The van der Waals surface area contributed by atoms with Gasteiger partial charge in [-0.05, 0) is 25.8 Å². The molecule has 5 heteroatoms. The zero-order valence-corrected chi connectivity index (χ0v) is 11.8. The summed E-state index contributed by atoms with van der Waals surface area (Å²) in [7, 11) is 1.41. The van der Waals surface area contributed by atoms with E-state index in [2.05, 4.69) is 0 Å². The molecule has 1 N–H and O–H groups in total. The van der Waals surface area contributed by atoms with Crippen molar-refractivity contribution in [3.63, 3.8) is 0 Å². The highest BCUT2D eigenvalue weighted by Crippen LogP contribution is 2.35. The second-order valence-electron chi connectivity index (χ2n) is 5.41. The number of Topliss-reactive ketones (excluding diaryl/α,β-unsaturated/α-hetero) is 2. The fourth-order valence-corrected chi connectivity index (χ4v) is 3.23. The van der Waals surface area contributed by atoms with E-state index in [1.54, 1.807) is 6.92 Å². The van der Waals surface area contributed by atoms with Gasteiger partial charge >= 0.3 is 0 Å². The topological polar surface area (TPSA) is 68.5 Å². The molecule has 1 aliphatic carbocycles. The van der Waals surface area contributed by atoms with Crippen LogP contribution in [0.3, 0.4) is 0 Å². The van der Waals surface area contributed by atoms with Crippen molar-refractivity contribution in [1.29, 1.82) is 0 Å². The molecule has 1 atom stereocenters. The van der Waals surface area contributed by atoms with Gasteiger partial charge in [0.05, 0.1) is 18.8 Å². The third-order valence-electron chi connectivity index (χ3n) is 4.29. The Hall–Kier alpha value is -1.88. The number of nitrogens with zero attached hydrogens (tertiary/aromatic N) is 1. The monoisotopic (exact) mass is 275 g/mol. The molecule has 0 spiro atoms. The molecule has 0 bridgehead atoms. The van der Waals surface area contributed by atoms with Crippen LogP contribution in [0.25, 0.3) is 0 Å². The van der Waals surface area contributed by atoms with Crippen LogP contribution in [0, 0.1) is 6.92 Å². The van der Waals surface area contributed by atoms with Crippen LogP contribution in [0.1, 0.15) is 45.4 Å². The van der Waals surface area contributed by atoms with E-state index >= 15 is 0 Å². The predicted octanol–water partition coefficient (Wildman–Crippen LogP) is 1.40. The fraction of sp³-hybridized carbons (Fsp3) is 0.467. The van der Waals surface area contributed by atoms with Crippen LogP contribution in [0.4, 0.5) is 0 Å². The van der Waals surface area contributed by atoms with Crippen molar-refractivity contribution in [3.05, 3.63) is 33.8 Å². The number of methoxy groups -OCH3 is 1. The number of hydrogen-bond donors (Lipinski definition) is 1. The SMILES string of the molecule is COC1=C(C)C(=O)c2c(c(C)c3n2CCC(O)C3)C1=O. The van der Waals surface area contributed by atoms with Crippen molar-refractivity contribution in [3.8, 4) is 0 Å². The molecule has 2 aliphatic rings. The number of aliphatic hydroxyl groups excluding tert-OH is 1. The molecular weight excluding hydrogens is 258 g/mol. The van der Waals surface area contributed by atoms with Gasteiger partial charge in [-0.1, -0.05) is 0 Å². The lowest BCUT2D eigenvalue weighted by Gasteiger charge is -2.23. The maximum atomic E-state index is 12.5. The van der Waals surface area contributed by atoms with Crippen LogP contribution in [-0.4, -0.2) is 34.5 Å². The van der Waals surface area contributed by atoms with Crippen molar-refractivity contribution < 1.29 is 19.4 Å². The Kier molecular flexibility index (Phi) is 2.83. The van der Waals surface area contributed by atoms with Crippen molar-refractivity contribution in [2.75, 3.05) is 7.11 Å². The number of carbonyl (C=O) groups excluding carboxylic acids is 2. The first kappa shape index (κ1) is 13.1. The van der Waals surface area contributed by atoms with Crippen molar-refractivity contribution in [2.45, 2.75) is 39.3 Å². The third kappa shape index (κ3) is 1.53. The number of aromatic nitrogens is 1. The van der Waals surface area contributed by atoms with E-state index in [1.165, 1.54) is 7.11 Å². The van der Waals surface area contributed by atoms with Crippen LogP contribution in [-0.2, 0) is 17.7 Å². The summed E-state index contributed by atoms with van der Waals surface area (Å²) in [5, 5.41) is 9.81. The van der Waals surface area contributed by atoms with E-state index in [4.69, 9.17) is 4.74 Å². The molecule has 0 radical (unpaired) electrons. The number of aliphatic hydroxyl groups is 1. The fourth-order valence-electron chi connectivity index (χ4n) is 3.23. The molecule has 5 nitrogen and oxygen atoms in total. The molecule has 0 fully saturated rings. The second-order valence-corrected chi connectivity index (χ2v) is 5.41. The normalized spacial score (nSPS) is 21.9. The number of ketones is 2. The molecule has 20 heavy (non-hydrogen) atoms. The third-order valence-corrected chi connectivity index (χ3v) is 4.29. The van der Waals surface area contributed by atoms with Crippen LogP contribution in [0.5, 0.6) is 0 Å². The van der Waals surface area contributed by atoms with E-state index < -0.39 is 6.10 Å². The summed E-state index contributed by atoms with van der Waals surface area (Å²) in [5.74, 6) is -0.246. The lowest BCUT2D eigenvalue weighted by Crippen LogP contribution is -2.27. The van der Waals surface area contributed by atoms with Crippen LogP contribution >= 0.6 is 0 Å². The molecule has 2 heterocycles. The number of fused-ring (bicyclic) bond motifs is 3. The Balaban J connectivity index is 2.27. The lowest BCUT2D eigenvalue weighted by atomic mass is 9.91. The zero-order chi connectivity index (χ0) is 14.6.